The number of rotatable bonds is 6. The fourth-order valence-corrected chi connectivity index (χ4v) is 3.55. The largest absolute Gasteiger partial charge is 0.377 e. The third-order valence-corrected chi connectivity index (χ3v) is 4.53. The summed E-state index contributed by atoms with van der Waals surface area (Å²) in [6.07, 6.45) is 5.40. The van der Waals surface area contributed by atoms with E-state index in [1.165, 1.54) is 25.7 Å². The van der Waals surface area contributed by atoms with E-state index in [1.807, 2.05) is 0 Å². The van der Waals surface area contributed by atoms with Gasteiger partial charge in [0.1, 0.15) is 0 Å². The van der Waals surface area contributed by atoms with E-state index in [9.17, 15) is 0 Å². The number of nitrogens with one attached hydrogen (secondary N) is 1. The first-order valence-electron chi connectivity index (χ1n) is 8.49. The normalized spacial score (nSPS) is 28.4. The molecule has 1 saturated carbocycles. The van der Waals surface area contributed by atoms with Gasteiger partial charge in [-0.15, -0.1) is 0 Å². The highest BCUT2D eigenvalue weighted by Crippen LogP contribution is 2.39. The van der Waals surface area contributed by atoms with Gasteiger partial charge < -0.3 is 10.1 Å². The molecule has 120 valence electrons. The molecule has 1 N–H and O–H groups in total. The van der Waals surface area contributed by atoms with Crippen LogP contribution >= 0.6 is 0 Å². The summed E-state index contributed by atoms with van der Waals surface area (Å²) < 4.78 is 6.31. The van der Waals surface area contributed by atoms with Crippen LogP contribution in [0.3, 0.4) is 0 Å². The summed E-state index contributed by atoms with van der Waals surface area (Å²) in [7, 11) is 0. The van der Waals surface area contributed by atoms with Gasteiger partial charge in [0.2, 0.25) is 0 Å². The topological polar surface area (TPSA) is 21.3 Å². The van der Waals surface area contributed by atoms with E-state index in [0.717, 1.165) is 19.1 Å². The quantitative estimate of drug-likeness (QED) is 0.767. The van der Waals surface area contributed by atoms with Gasteiger partial charge in [-0.2, -0.15) is 0 Å². The number of ether oxygens (including phenoxy) is 1. The molecule has 0 aromatic heterocycles. The second-order valence-corrected chi connectivity index (χ2v) is 8.74. The fourth-order valence-electron chi connectivity index (χ4n) is 3.55. The predicted molar refractivity (Wildman–Crippen MR) is 88.1 cm³/mol. The van der Waals surface area contributed by atoms with E-state index >= 15 is 0 Å². The molecule has 0 heterocycles. The molecule has 0 spiro atoms. The van der Waals surface area contributed by atoms with Crippen molar-refractivity contribution in [2.24, 2.45) is 16.7 Å². The van der Waals surface area contributed by atoms with Crippen molar-refractivity contribution in [3.8, 4) is 0 Å². The van der Waals surface area contributed by atoms with Gasteiger partial charge in [-0.1, -0.05) is 48.5 Å². The molecule has 3 atom stereocenters. The third-order valence-electron chi connectivity index (χ3n) is 4.53. The van der Waals surface area contributed by atoms with Gasteiger partial charge in [0, 0.05) is 6.04 Å². The van der Waals surface area contributed by atoms with Crippen molar-refractivity contribution in [3.05, 3.63) is 0 Å². The van der Waals surface area contributed by atoms with Crippen LogP contribution in [-0.2, 0) is 4.74 Å². The van der Waals surface area contributed by atoms with Crippen molar-refractivity contribution in [2.45, 2.75) is 86.3 Å². The summed E-state index contributed by atoms with van der Waals surface area (Å²) >= 11 is 0. The molecule has 1 fully saturated rings. The Morgan fingerprint density at radius 2 is 1.90 bits per heavy atom. The maximum atomic E-state index is 6.31. The first-order chi connectivity index (χ1) is 9.14. The van der Waals surface area contributed by atoms with Crippen LogP contribution in [0.15, 0.2) is 0 Å². The SMILES string of the molecule is CCCNC(COC1CC(C)CC(C)(C)C1)C(C)(C)C. The van der Waals surface area contributed by atoms with Crippen LogP contribution in [-0.4, -0.2) is 25.3 Å². The highest BCUT2D eigenvalue weighted by Gasteiger charge is 2.33. The van der Waals surface area contributed by atoms with Crippen molar-refractivity contribution < 1.29 is 4.74 Å². The average Bonchev–Trinajstić information content (AvgIpc) is 2.24. The van der Waals surface area contributed by atoms with Gasteiger partial charge in [0.15, 0.2) is 0 Å². The van der Waals surface area contributed by atoms with Crippen LogP contribution in [0.1, 0.15) is 74.1 Å². The molecule has 2 heteroatoms. The molecular formula is C18H37NO. The van der Waals surface area contributed by atoms with Crippen LogP contribution in [0.2, 0.25) is 0 Å². The molecule has 0 saturated heterocycles. The van der Waals surface area contributed by atoms with E-state index in [-0.39, 0.29) is 5.41 Å². The van der Waals surface area contributed by atoms with Crippen molar-refractivity contribution in [1.29, 1.82) is 0 Å². The van der Waals surface area contributed by atoms with Crippen LogP contribution in [0.5, 0.6) is 0 Å². The molecule has 2 nitrogen and oxygen atoms in total. The van der Waals surface area contributed by atoms with Gasteiger partial charge in [0.25, 0.3) is 0 Å². The molecule has 0 aliphatic heterocycles. The Morgan fingerprint density at radius 3 is 2.40 bits per heavy atom. The molecule has 1 aliphatic carbocycles. The molecule has 3 unspecified atom stereocenters. The maximum absolute atomic E-state index is 6.31. The van der Waals surface area contributed by atoms with E-state index < -0.39 is 0 Å². The van der Waals surface area contributed by atoms with Crippen LogP contribution in [0, 0.1) is 16.7 Å². The minimum atomic E-state index is 0.255. The van der Waals surface area contributed by atoms with Crippen molar-refractivity contribution in [2.75, 3.05) is 13.2 Å². The van der Waals surface area contributed by atoms with Crippen molar-refractivity contribution in [3.63, 3.8) is 0 Å². The van der Waals surface area contributed by atoms with Gasteiger partial charge in [-0.3, -0.25) is 0 Å². The average molecular weight is 283 g/mol. The Morgan fingerprint density at radius 1 is 1.25 bits per heavy atom. The van der Waals surface area contributed by atoms with Crippen LogP contribution in [0.4, 0.5) is 0 Å². The standard InChI is InChI=1S/C18H37NO/c1-8-9-19-16(17(3,4)5)13-20-15-10-14(2)11-18(6,7)12-15/h14-16,19H,8-13H2,1-7H3. The molecule has 0 radical (unpaired) electrons. The lowest BCUT2D eigenvalue weighted by atomic mass is 9.71. The van der Waals surface area contributed by atoms with Crippen molar-refractivity contribution in [1.82, 2.24) is 5.32 Å². The molecule has 1 aliphatic rings. The lowest BCUT2D eigenvalue weighted by Gasteiger charge is -2.40. The smallest absolute Gasteiger partial charge is 0.0628 e. The minimum Gasteiger partial charge on any atom is -0.377 e. The summed E-state index contributed by atoms with van der Waals surface area (Å²) in [6.45, 7) is 18.2. The summed E-state index contributed by atoms with van der Waals surface area (Å²) in [5.74, 6) is 0.792. The van der Waals surface area contributed by atoms with E-state index in [0.29, 0.717) is 17.6 Å². The molecule has 0 bridgehead atoms. The highest BCUT2D eigenvalue weighted by molar-refractivity contribution is 4.85. The molecule has 0 aromatic carbocycles. The summed E-state index contributed by atoms with van der Waals surface area (Å²) in [4.78, 5) is 0. The second kappa shape index (κ2) is 7.26. The van der Waals surface area contributed by atoms with Gasteiger partial charge in [-0.05, 0) is 49.0 Å². The lowest BCUT2D eigenvalue weighted by Crippen LogP contribution is -2.45. The monoisotopic (exact) mass is 283 g/mol. The minimum absolute atomic E-state index is 0.255. The highest BCUT2D eigenvalue weighted by atomic mass is 16.5. The summed E-state index contributed by atoms with van der Waals surface area (Å²) in [6, 6.07) is 0.447. The lowest BCUT2D eigenvalue weighted by molar-refractivity contribution is -0.0409. The zero-order chi connectivity index (χ0) is 15.4. The van der Waals surface area contributed by atoms with Gasteiger partial charge >= 0.3 is 0 Å². The van der Waals surface area contributed by atoms with E-state index in [1.54, 1.807) is 0 Å². The molecule has 20 heavy (non-hydrogen) atoms. The fraction of sp³-hybridized carbons (Fsp3) is 1.00. The van der Waals surface area contributed by atoms with Gasteiger partial charge in [0.05, 0.1) is 12.7 Å². The molecule has 0 amide bonds. The Bertz CT molecular complexity index is 280. The Labute approximate surface area is 127 Å². The van der Waals surface area contributed by atoms with Gasteiger partial charge in [-0.25, -0.2) is 0 Å². The third kappa shape index (κ3) is 6.13. The predicted octanol–water partition coefficient (Wildman–Crippen LogP) is 4.63. The molecule has 0 aromatic rings. The summed E-state index contributed by atoms with van der Waals surface area (Å²) in [5, 5.41) is 3.66. The number of hydrogen-bond acceptors (Lipinski definition) is 2. The van der Waals surface area contributed by atoms with Crippen molar-refractivity contribution >= 4 is 0 Å². The summed E-state index contributed by atoms with van der Waals surface area (Å²) in [5.41, 5.74) is 0.696. The zero-order valence-electron chi connectivity index (χ0n) is 14.9. The second-order valence-electron chi connectivity index (χ2n) is 8.74. The van der Waals surface area contributed by atoms with Crippen LogP contribution in [0.25, 0.3) is 0 Å². The Kier molecular flexibility index (Phi) is 6.53. The zero-order valence-corrected chi connectivity index (χ0v) is 14.9. The number of hydrogen-bond donors (Lipinski definition) is 1. The molecule has 1 rings (SSSR count). The van der Waals surface area contributed by atoms with Crippen LogP contribution < -0.4 is 5.32 Å². The first kappa shape index (κ1) is 18.0. The van der Waals surface area contributed by atoms with E-state index in [4.69, 9.17) is 4.74 Å². The molecular weight excluding hydrogens is 246 g/mol. The Balaban J connectivity index is 2.50. The maximum Gasteiger partial charge on any atom is 0.0628 e. The first-order valence-corrected chi connectivity index (χ1v) is 8.49. The van der Waals surface area contributed by atoms with E-state index in [2.05, 4.69) is 53.8 Å². The Hall–Kier alpha value is -0.0800.